The van der Waals surface area contributed by atoms with Crippen molar-refractivity contribution in [1.29, 1.82) is 0 Å². The molecule has 0 unspecified atom stereocenters. The zero-order chi connectivity index (χ0) is 21.4. The molecule has 5 rings (SSSR count). The molecule has 160 valence electrons. The summed E-state index contributed by atoms with van der Waals surface area (Å²) in [7, 11) is 0. The smallest absolute Gasteiger partial charge is 0.276 e. The van der Waals surface area contributed by atoms with Crippen LogP contribution >= 0.6 is 0 Å². The number of benzene rings is 2. The van der Waals surface area contributed by atoms with Crippen molar-refractivity contribution in [3.63, 3.8) is 0 Å². The van der Waals surface area contributed by atoms with Crippen LogP contribution < -0.4 is 10.2 Å². The lowest BCUT2D eigenvalue weighted by atomic mass is 10.1. The minimum Gasteiger partial charge on any atom is -0.370 e. The molecule has 5 nitrogen and oxygen atoms in total. The van der Waals surface area contributed by atoms with E-state index in [-0.39, 0.29) is 11.7 Å². The molecule has 1 N–H and O–H groups in total. The van der Waals surface area contributed by atoms with E-state index in [1.807, 2.05) is 0 Å². The number of anilines is 2. The molecule has 7 heteroatoms. The molecule has 0 radical (unpaired) electrons. The van der Waals surface area contributed by atoms with Gasteiger partial charge in [0.25, 0.3) is 5.91 Å². The summed E-state index contributed by atoms with van der Waals surface area (Å²) in [6.45, 7) is 1.78. The molecule has 1 aliphatic carbocycles. The van der Waals surface area contributed by atoms with E-state index in [0.29, 0.717) is 11.4 Å². The predicted octanol–water partition coefficient (Wildman–Crippen LogP) is 4.88. The molecule has 3 aromatic rings. The minimum absolute atomic E-state index is 0.318. The van der Waals surface area contributed by atoms with E-state index in [2.05, 4.69) is 15.3 Å². The van der Waals surface area contributed by atoms with Gasteiger partial charge in [0, 0.05) is 24.3 Å². The van der Waals surface area contributed by atoms with Crippen LogP contribution in [0.15, 0.2) is 42.5 Å². The van der Waals surface area contributed by atoms with Crippen LogP contribution in [0.25, 0.3) is 5.69 Å². The predicted molar refractivity (Wildman–Crippen MR) is 116 cm³/mol. The van der Waals surface area contributed by atoms with Crippen LogP contribution in [0.5, 0.6) is 0 Å². The average Bonchev–Trinajstić information content (AvgIpc) is 3.38. The second-order valence-corrected chi connectivity index (χ2v) is 8.18. The molecule has 0 bridgehead atoms. The summed E-state index contributed by atoms with van der Waals surface area (Å²) in [4.78, 5) is 15.4. The normalized spacial score (nSPS) is 15.7. The molecule has 0 saturated carbocycles. The van der Waals surface area contributed by atoms with Gasteiger partial charge in [0.1, 0.15) is 11.6 Å². The number of amides is 1. The highest BCUT2D eigenvalue weighted by molar-refractivity contribution is 6.06. The highest BCUT2D eigenvalue weighted by Crippen LogP contribution is 2.32. The Morgan fingerprint density at radius 2 is 1.65 bits per heavy atom. The van der Waals surface area contributed by atoms with Crippen molar-refractivity contribution < 1.29 is 13.6 Å². The zero-order valence-corrected chi connectivity index (χ0v) is 17.2. The first-order valence-corrected chi connectivity index (χ1v) is 10.8. The van der Waals surface area contributed by atoms with Gasteiger partial charge < -0.3 is 10.2 Å². The summed E-state index contributed by atoms with van der Waals surface area (Å²) >= 11 is 0. The van der Waals surface area contributed by atoms with E-state index in [9.17, 15) is 13.6 Å². The maximum Gasteiger partial charge on any atom is 0.276 e. The van der Waals surface area contributed by atoms with Crippen LogP contribution in [0.1, 0.15) is 47.4 Å². The number of halogens is 2. The second-order valence-electron chi connectivity index (χ2n) is 8.18. The summed E-state index contributed by atoms with van der Waals surface area (Å²) in [5.41, 5.74) is 4.27. The van der Waals surface area contributed by atoms with Crippen molar-refractivity contribution in [3.05, 3.63) is 71.1 Å². The zero-order valence-electron chi connectivity index (χ0n) is 17.2. The van der Waals surface area contributed by atoms with Crippen molar-refractivity contribution in [1.82, 2.24) is 9.78 Å². The number of aromatic nitrogens is 2. The third kappa shape index (κ3) is 3.80. The number of carbonyl (C=O) groups excluding carboxylic acids is 1. The van der Waals surface area contributed by atoms with Gasteiger partial charge in [-0.15, -0.1) is 0 Å². The van der Waals surface area contributed by atoms with Gasteiger partial charge in [0.15, 0.2) is 5.69 Å². The Bertz CT molecular complexity index is 1120. The van der Waals surface area contributed by atoms with Gasteiger partial charge in [-0.3, -0.25) is 4.79 Å². The Labute approximate surface area is 179 Å². The van der Waals surface area contributed by atoms with Crippen LogP contribution in [0.2, 0.25) is 0 Å². The van der Waals surface area contributed by atoms with E-state index in [0.717, 1.165) is 67.8 Å². The number of nitrogens with one attached hydrogen (secondary N) is 1. The summed E-state index contributed by atoms with van der Waals surface area (Å²) < 4.78 is 29.1. The van der Waals surface area contributed by atoms with Gasteiger partial charge in [0.05, 0.1) is 17.1 Å². The van der Waals surface area contributed by atoms with Crippen molar-refractivity contribution in [3.8, 4) is 5.69 Å². The molecule has 2 heterocycles. The molecule has 1 aromatic heterocycles. The summed E-state index contributed by atoms with van der Waals surface area (Å²) in [6, 6.07) is 10.6. The van der Waals surface area contributed by atoms with Crippen molar-refractivity contribution >= 4 is 17.3 Å². The van der Waals surface area contributed by atoms with E-state index < -0.39 is 5.82 Å². The Kier molecular flexibility index (Phi) is 5.18. The van der Waals surface area contributed by atoms with Gasteiger partial charge in [-0.05, 0) is 81.0 Å². The summed E-state index contributed by atoms with van der Waals surface area (Å²) in [5, 5.41) is 7.48. The number of rotatable bonds is 4. The SMILES string of the molecule is O=C(Nc1cc(F)ccc1N1CCCCC1)c1nn(-c2ccc(F)cc2)c2c1CCC2. The Balaban J connectivity index is 1.47. The second kappa shape index (κ2) is 8.13. The average molecular weight is 422 g/mol. The van der Waals surface area contributed by atoms with Crippen LogP contribution in [-0.2, 0) is 12.8 Å². The lowest BCUT2D eigenvalue weighted by Gasteiger charge is -2.30. The van der Waals surface area contributed by atoms with Gasteiger partial charge in [0.2, 0.25) is 0 Å². The molecule has 0 spiro atoms. The maximum absolute atomic E-state index is 14.0. The maximum atomic E-state index is 14.0. The van der Waals surface area contributed by atoms with Crippen molar-refractivity contribution in [2.75, 3.05) is 23.3 Å². The highest BCUT2D eigenvalue weighted by Gasteiger charge is 2.28. The Morgan fingerprint density at radius 3 is 2.42 bits per heavy atom. The van der Waals surface area contributed by atoms with Gasteiger partial charge in [-0.1, -0.05) is 0 Å². The molecular formula is C24H24F2N4O. The number of hydrogen-bond acceptors (Lipinski definition) is 3. The molecule has 1 saturated heterocycles. The summed E-state index contributed by atoms with van der Waals surface area (Å²) in [6.07, 6.45) is 5.87. The first-order valence-electron chi connectivity index (χ1n) is 10.8. The quantitative estimate of drug-likeness (QED) is 0.652. The number of nitrogens with zero attached hydrogens (tertiary/aromatic N) is 3. The third-order valence-electron chi connectivity index (χ3n) is 6.12. The molecule has 2 aliphatic rings. The fraction of sp³-hybridized carbons (Fsp3) is 0.333. The van der Waals surface area contributed by atoms with Crippen LogP contribution in [0.4, 0.5) is 20.2 Å². The molecule has 1 fully saturated rings. The van der Waals surface area contributed by atoms with Gasteiger partial charge >= 0.3 is 0 Å². The molecule has 31 heavy (non-hydrogen) atoms. The van der Waals surface area contributed by atoms with E-state index in [1.165, 1.54) is 30.7 Å². The standard InChI is InChI=1S/C24H24F2N4O/c25-16-7-10-18(11-8-16)30-21-6-4-5-19(21)23(28-30)24(31)27-20-15-17(26)9-12-22(20)29-13-2-1-3-14-29/h7-12,15H,1-6,13-14H2,(H,27,31). The minimum atomic E-state index is -0.391. The lowest BCUT2D eigenvalue weighted by molar-refractivity contribution is 0.102. The Hall–Kier alpha value is -3.22. The molecule has 1 amide bonds. The lowest BCUT2D eigenvalue weighted by Crippen LogP contribution is -2.30. The van der Waals surface area contributed by atoms with E-state index in [1.54, 1.807) is 22.9 Å². The van der Waals surface area contributed by atoms with Crippen LogP contribution in [0.3, 0.4) is 0 Å². The molecule has 0 atom stereocenters. The van der Waals surface area contributed by atoms with Gasteiger partial charge in [-0.25, -0.2) is 13.5 Å². The number of piperidine rings is 1. The molecule has 1 aliphatic heterocycles. The van der Waals surface area contributed by atoms with Crippen LogP contribution in [0, 0.1) is 11.6 Å². The van der Waals surface area contributed by atoms with Crippen molar-refractivity contribution in [2.45, 2.75) is 38.5 Å². The largest absolute Gasteiger partial charge is 0.370 e. The Morgan fingerprint density at radius 1 is 0.903 bits per heavy atom. The fourth-order valence-electron chi connectivity index (χ4n) is 4.62. The topological polar surface area (TPSA) is 50.2 Å². The monoisotopic (exact) mass is 422 g/mol. The first kappa shape index (κ1) is 19.7. The van der Waals surface area contributed by atoms with E-state index in [4.69, 9.17) is 0 Å². The van der Waals surface area contributed by atoms with Gasteiger partial charge in [-0.2, -0.15) is 5.10 Å². The number of fused-ring (bicyclic) bond motifs is 1. The molecule has 2 aromatic carbocycles. The highest BCUT2D eigenvalue weighted by atomic mass is 19.1. The molecular weight excluding hydrogens is 398 g/mol. The van der Waals surface area contributed by atoms with E-state index >= 15 is 0 Å². The first-order chi connectivity index (χ1) is 15.1. The third-order valence-corrected chi connectivity index (χ3v) is 6.12. The number of hydrogen-bond donors (Lipinski definition) is 1. The fourth-order valence-corrected chi connectivity index (χ4v) is 4.62. The number of carbonyl (C=O) groups is 1. The van der Waals surface area contributed by atoms with Crippen LogP contribution in [-0.4, -0.2) is 28.8 Å². The van der Waals surface area contributed by atoms with Crippen molar-refractivity contribution in [2.24, 2.45) is 0 Å². The summed E-state index contributed by atoms with van der Waals surface area (Å²) in [5.74, 6) is -1.05.